The SMILES string of the molecule is CC(C)(C)C1(C)CC1(F)F. The second-order valence-corrected chi connectivity index (χ2v) is 4.46. The van der Waals surface area contributed by atoms with E-state index in [0.29, 0.717) is 0 Å². The highest BCUT2D eigenvalue weighted by Crippen LogP contribution is 2.68. The Balaban J connectivity index is 2.78. The van der Waals surface area contributed by atoms with Gasteiger partial charge in [-0.3, -0.25) is 0 Å². The summed E-state index contributed by atoms with van der Waals surface area (Å²) in [6, 6.07) is 0. The normalized spacial score (nSPS) is 37.8. The van der Waals surface area contributed by atoms with Crippen molar-refractivity contribution < 1.29 is 8.78 Å². The summed E-state index contributed by atoms with van der Waals surface area (Å²) in [5.74, 6) is -2.41. The van der Waals surface area contributed by atoms with E-state index in [2.05, 4.69) is 0 Å². The van der Waals surface area contributed by atoms with Crippen LogP contribution in [0.3, 0.4) is 0 Å². The molecule has 0 aromatic carbocycles. The lowest BCUT2D eigenvalue weighted by Gasteiger charge is -2.27. The molecule has 0 aromatic rings. The van der Waals surface area contributed by atoms with Gasteiger partial charge in [-0.1, -0.05) is 27.7 Å². The highest BCUT2D eigenvalue weighted by Gasteiger charge is 2.72. The Hall–Kier alpha value is -0.140. The lowest BCUT2D eigenvalue weighted by atomic mass is 9.78. The van der Waals surface area contributed by atoms with Crippen molar-refractivity contribution in [3.63, 3.8) is 0 Å². The van der Waals surface area contributed by atoms with E-state index in [0.717, 1.165) is 0 Å². The average molecular weight is 148 g/mol. The second-order valence-electron chi connectivity index (χ2n) is 4.46. The molecule has 0 radical (unpaired) electrons. The van der Waals surface area contributed by atoms with Crippen molar-refractivity contribution in [1.82, 2.24) is 0 Å². The standard InChI is InChI=1S/C8H14F2/c1-6(2,3)7(4)5-8(7,9)10/h5H2,1-4H3. The molecule has 0 amide bonds. The molecule has 0 nitrogen and oxygen atoms in total. The third kappa shape index (κ3) is 0.774. The van der Waals surface area contributed by atoms with E-state index >= 15 is 0 Å². The maximum Gasteiger partial charge on any atom is 0.254 e. The van der Waals surface area contributed by atoms with E-state index < -0.39 is 11.3 Å². The number of halogens is 2. The van der Waals surface area contributed by atoms with E-state index in [-0.39, 0.29) is 11.8 Å². The molecule has 0 bridgehead atoms. The van der Waals surface area contributed by atoms with Crippen LogP contribution >= 0.6 is 0 Å². The van der Waals surface area contributed by atoms with Crippen LogP contribution in [0.1, 0.15) is 34.1 Å². The smallest absolute Gasteiger partial charge is 0.206 e. The average Bonchev–Trinajstić information content (AvgIpc) is 2.05. The lowest BCUT2D eigenvalue weighted by molar-refractivity contribution is 0.0243. The Bertz CT molecular complexity index is 155. The summed E-state index contributed by atoms with van der Waals surface area (Å²) in [7, 11) is 0. The molecule has 1 rings (SSSR count). The maximum absolute atomic E-state index is 12.7. The van der Waals surface area contributed by atoms with Gasteiger partial charge in [0.25, 0.3) is 5.92 Å². The molecule has 0 aromatic heterocycles. The number of rotatable bonds is 0. The zero-order chi connectivity index (χ0) is 8.21. The summed E-state index contributed by atoms with van der Waals surface area (Å²) in [5.41, 5.74) is -1.02. The Kier molecular flexibility index (Phi) is 1.23. The minimum Gasteiger partial charge on any atom is -0.206 e. The molecule has 1 fully saturated rings. The quantitative estimate of drug-likeness (QED) is 0.495. The van der Waals surface area contributed by atoms with Crippen LogP contribution in [-0.2, 0) is 0 Å². The summed E-state index contributed by atoms with van der Waals surface area (Å²) >= 11 is 0. The van der Waals surface area contributed by atoms with Gasteiger partial charge in [0, 0.05) is 11.8 Å². The van der Waals surface area contributed by atoms with Gasteiger partial charge in [0.15, 0.2) is 0 Å². The fraction of sp³-hybridized carbons (Fsp3) is 1.00. The molecule has 1 saturated carbocycles. The van der Waals surface area contributed by atoms with Gasteiger partial charge in [0.2, 0.25) is 0 Å². The Morgan fingerprint density at radius 1 is 1.20 bits per heavy atom. The van der Waals surface area contributed by atoms with Crippen molar-refractivity contribution in [2.45, 2.75) is 40.0 Å². The van der Waals surface area contributed by atoms with Gasteiger partial charge in [-0.25, -0.2) is 8.78 Å². The second kappa shape index (κ2) is 1.54. The Labute approximate surface area is 60.6 Å². The van der Waals surface area contributed by atoms with Crippen LogP contribution in [0.5, 0.6) is 0 Å². The van der Waals surface area contributed by atoms with Crippen molar-refractivity contribution in [3.8, 4) is 0 Å². The molecular weight excluding hydrogens is 134 g/mol. The third-order valence-electron chi connectivity index (χ3n) is 2.91. The van der Waals surface area contributed by atoms with Crippen LogP contribution in [-0.4, -0.2) is 5.92 Å². The molecule has 60 valence electrons. The fourth-order valence-corrected chi connectivity index (χ4v) is 1.21. The van der Waals surface area contributed by atoms with Crippen LogP contribution in [0, 0.1) is 10.8 Å². The highest BCUT2D eigenvalue weighted by atomic mass is 19.3. The van der Waals surface area contributed by atoms with Crippen molar-refractivity contribution in [2.75, 3.05) is 0 Å². The Morgan fingerprint density at radius 3 is 1.50 bits per heavy atom. The van der Waals surface area contributed by atoms with Gasteiger partial charge in [0.05, 0.1) is 0 Å². The van der Waals surface area contributed by atoms with Gasteiger partial charge < -0.3 is 0 Å². The zero-order valence-corrected chi connectivity index (χ0v) is 6.96. The van der Waals surface area contributed by atoms with E-state index in [4.69, 9.17) is 0 Å². The molecule has 0 N–H and O–H groups in total. The van der Waals surface area contributed by atoms with Crippen LogP contribution in [0.25, 0.3) is 0 Å². The summed E-state index contributed by atoms with van der Waals surface area (Å²) < 4.78 is 25.4. The molecule has 0 aliphatic heterocycles. The summed E-state index contributed by atoms with van der Waals surface area (Å²) in [5, 5.41) is 0. The van der Waals surface area contributed by atoms with Gasteiger partial charge in [-0.2, -0.15) is 0 Å². The van der Waals surface area contributed by atoms with Crippen molar-refractivity contribution in [2.24, 2.45) is 10.8 Å². The minimum absolute atomic E-state index is 0.0590. The summed E-state index contributed by atoms with van der Waals surface area (Å²) in [4.78, 5) is 0. The molecule has 10 heavy (non-hydrogen) atoms. The van der Waals surface area contributed by atoms with Gasteiger partial charge in [0.1, 0.15) is 0 Å². The molecule has 0 spiro atoms. The van der Waals surface area contributed by atoms with E-state index in [1.165, 1.54) is 0 Å². The molecule has 2 heteroatoms. The van der Waals surface area contributed by atoms with Gasteiger partial charge in [-0.05, 0) is 5.41 Å². The van der Waals surface area contributed by atoms with Gasteiger partial charge >= 0.3 is 0 Å². The van der Waals surface area contributed by atoms with E-state index in [1.54, 1.807) is 6.92 Å². The van der Waals surface area contributed by atoms with E-state index in [9.17, 15) is 8.78 Å². The van der Waals surface area contributed by atoms with Crippen LogP contribution < -0.4 is 0 Å². The highest BCUT2D eigenvalue weighted by molar-refractivity contribution is 5.12. The Morgan fingerprint density at radius 2 is 1.50 bits per heavy atom. The van der Waals surface area contributed by atoms with Crippen molar-refractivity contribution in [1.29, 1.82) is 0 Å². The fourth-order valence-electron chi connectivity index (χ4n) is 1.21. The summed E-state index contributed by atoms with van der Waals surface area (Å²) in [6.07, 6.45) is 0.0590. The molecule has 0 saturated heterocycles. The van der Waals surface area contributed by atoms with E-state index in [1.807, 2.05) is 20.8 Å². The number of hydrogen-bond donors (Lipinski definition) is 0. The largest absolute Gasteiger partial charge is 0.254 e. The first kappa shape index (κ1) is 7.96. The first-order chi connectivity index (χ1) is 4.21. The van der Waals surface area contributed by atoms with Gasteiger partial charge in [-0.15, -0.1) is 0 Å². The van der Waals surface area contributed by atoms with Crippen LogP contribution in [0.4, 0.5) is 8.78 Å². The van der Waals surface area contributed by atoms with Crippen LogP contribution in [0.2, 0.25) is 0 Å². The molecule has 1 aliphatic rings. The first-order valence-electron chi connectivity index (χ1n) is 3.59. The summed E-state index contributed by atoms with van der Waals surface area (Å²) in [6.45, 7) is 7.27. The molecule has 0 heterocycles. The lowest BCUT2D eigenvalue weighted by Crippen LogP contribution is -2.24. The molecule has 1 atom stereocenters. The molecule has 1 unspecified atom stereocenters. The molecular formula is C8H14F2. The van der Waals surface area contributed by atoms with Crippen molar-refractivity contribution in [3.05, 3.63) is 0 Å². The third-order valence-corrected chi connectivity index (χ3v) is 2.91. The topological polar surface area (TPSA) is 0 Å². The minimum atomic E-state index is -2.41. The predicted octanol–water partition coefficient (Wildman–Crippen LogP) is 3.08. The molecule has 1 aliphatic carbocycles. The van der Waals surface area contributed by atoms with Crippen molar-refractivity contribution >= 4 is 0 Å². The van der Waals surface area contributed by atoms with Crippen LogP contribution in [0.15, 0.2) is 0 Å². The monoisotopic (exact) mass is 148 g/mol. The number of hydrogen-bond acceptors (Lipinski definition) is 0. The predicted molar refractivity (Wildman–Crippen MR) is 37.1 cm³/mol. The zero-order valence-electron chi connectivity index (χ0n) is 6.96. The maximum atomic E-state index is 12.7. The first-order valence-corrected chi connectivity index (χ1v) is 3.59. The number of alkyl halides is 2.